The highest BCUT2D eigenvalue weighted by atomic mass is 35.5. The van der Waals surface area contributed by atoms with E-state index in [4.69, 9.17) is 26.3 Å². The maximum Gasteiger partial charge on any atom is 0.311 e. The predicted octanol–water partition coefficient (Wildman–Crippen LogP) is 4.18. The van der Waals surface area contributed by atoms with Crippen LogP contribution in [0.25, 0.3) is 0 Å². The van der Waals surface area contributed by atoms with Crippen molar-refractivity contribution < 1.29 is 22.7 Å². The average Bonchev–Trinajstić information content (AvgIpc) is 2.75. The number of esters is 1. The van der Waals surface area contributed by atoms with Gasteiger partial charge in [0.05, 0.1) is 28.2 Å². The minimum Gasteiger partial charge on any atom is -0.490 e. The van der Waals surface area contributed by atoms with Crippen LogP contribution in [0.1, 0.15) is 38.3 Å². The molecule has 0 aliphatic carbocycles. The molecule has 0 radical (unpaired) electrons. The lowest BCUT2D eigenvalue weighted by Crippen LogP contribution is -2.30. The molecule has 0 aromatic heterocycles. The number of halogens is 1. The molecule has 0 N–H and O–H groups in total. The molecule has 0 heterocycles. The van der Waals surface area contributed by atoms with Crippen molar-refractivity contribution in [2.24, 2.45) is 0 Å². The molecule has 2 aromatic carbocycles. The molecule has 0 amide bonds. The molecule has 0 saturated heterocycles. The van der Waals surface area contributed by atoms with E-state index in [1.165, 1.54) is 16.4 Å². The Kier molecular flexibility index (Phi) is 8.87. The first-order valence-corrected chi connectivity index (χ1v) is 11.7. The monoisotopic (exact) mass is 464 g/mol. The first kappa shape index (κ1) is 24.7. The number of nitriles is 1. The lowest BCUT2D eigenvalue weighted by atomic mass is 10.1. The fraction of sp³-hybridized carbons (Fsp3) is 0.364. The maximum absolute atomic E-state index is 12.5. The zero-order chi connectivity index (χ0) is 23.0. The molecule has 0 fully saturated rings. The third-order valence-corrected chi connectivity index (χ3v) is 6.88. The number of nitrogens with zero attached hydrogens (tertiary/aromatic N) is 2. The van der Waals surface area contributed by atoms with Crippen molar-refractivity contribution in [1.29, 1.82) is 5.26 Å². The van der Waals surface area contributed by atoms with E-state index in [1.807, 2.05) is 6.07 Å². The molecule has 31 heavy (non-hydrogen) atoms. The molecule has 9 heteroatoms. The lowest BCUT2D eigenvalue weighted by molar-refractivity contribution is -0.134. The fourth-order valence-corrected chi connectivity index (χ4v) is 4.65. The summed E-state index contributed by atoms with van der Waals surface area (Å²) in [5.74, 6) is -0.216. The lowest BCUT2D eigenvalue weighted by Gasteiger charge is -2.18. The third kappa shape index (κ3) is 6.20. The van der Waals surface area contributed by atoms with Gasteiger partial charge < -0.3 is 9.47 Å². The maximum atomic E-state index is 12.5. The first-order valence-electron chi connectivity index (χ1n) is 9.92. The molecule has 0 atom stereocenters. The van der Waals surface area contributed by atoms with E-state index in [0.717, 1.165) is 5.56 Å². The van der Waals surface area contributed by atoms with Gasteiger partial charge >= 0.3 is 5.97 Å². The molecule has 0 spiro atoms. The summed E-state index contributed by atoms with van der Waals surface area (Å²) >= 11 is 6.15. The Labute approximate surface area is 188 Å². The van der Waals surface area contributed by atoms with Gasteiger partial charge in [-0.25, -0.2) is 8.42 Å². The summed E-state index contributed by atoms with van der Waals surface area (Å²) < 4.78 is 37.3. The molecule has 0 bridgehead atoms. The van der Waals surface area contributed by atoms with Crippen molar-refractivity contribution in [1.82, 2.24) is 4.31 Å². The Hall–Kier alpha value is -2.60. The van der Waals surface area contributed by atoms with Crippen LogP contribution in [-0.2, 0) is 21.2 Å². The Bertz CT molecular complexity index is 1060. The number of sulfonamides is 1. The van der Waals surface area contributed by atoms with Gasteiger partial charge in [0.25, 0.3) is 0 Å². The molecule has 2 rings (SSSR count). The van der Waals surface area contributed by atoms with Gasteiger partial charge in [-0.05, 0) is 37.1 Å². The minimum atomic E-state index is -3.52. The van der Waals surface area contributed by atoms with Gasteiger partial charge in [0, 0.05) is 25.6 Å². The molecule has 7 nitrogen and oxygen atoms in total. The van der Waals surface area contributed by atoms with Crippen LogP contribution in [0.2, 0.25) is 5.02 Å². The van der Waals surface area contributed by atoms with Crippen LogP contribution in [0.3, 0.4) is 0 Å². The summed E-state index contributed by atoms with van der Waals surface area (Å²) in [5, 5.41) is 9.17. The quantitative estimate of drug-likeness (QED) is 0.386. The van der Waals surface area contributed by atoms with Crippen molar-refractivity contribution in [2.45, 2.75) is 38.5 Å². The predicted molar refractivity (Wildman–Crippen MR) is 118 cm³/mol. The number of benzene rings is 2. The largest absolute Gasteiger partial charge is 0.490 e. The summed E-state index contributed by atoms with van der Waals surface area (Å²) in [7, 11) is -3.52. The summed E-state index contributed by atoms with van der Waals surface area (Å²) in [6.07, 6.45) is 0.423. The number of aryl methyl sites for hydroxylation is 1. The molecule has 2 aromatic rings. The van der Waals surface area contributed by atoms with Crippen LogP contribution in [0.15, 0.2) is 41.3 Å². The van der Waals surface area contributed by atoms with Gasteiger partial charge in [0.1, 0.15) is 0 Å². The molecular formula is C22H25ClN2O5S. The summed E-state index contributed by atoms with van der Waals surface area (Å²) in [5.41, 5.74) is 1.10. The van der Waals surface area contributed by atoms with Gasteiger partial charge in [-0.2, -0.15) is 9.57 Å². The van der Waals surface area contributed by atoms with Crippen molar-refractivity contribution in [2.75, 3.05) is 19.7 Å². The average molecular weight is 465 g/mol. The summed E-state index contributed by atoms with van der Waals surface area (Å²) in [6.45, 7) is 6.46. The van der Waals surface area contributed by atoms with Crippen molar-refractivity contribution >= 4 is 27.6 Å². The number of rotatable bonds is 10. The second-order valence-corrected chi connectivity index (χ2v) is 8.88. The van der Waals surface area contributed by atoms with Crippen molar-refractivity contribution in [3.05, 3.63) is 52.5 Å². The standard InChI is InChI=1S/C22H25ClN2O5S/c1-4-25(5-2)31(27,28)18-10-7-16(8-11-18)9-12-21(26)30-22-19(23)13-17(15-24)14-20(22)29-6-3/h7-8,10-11,13-14H,4-6,9,12H2,1-3H3. The van der Waals surface area contributed by atoms with Crippen molar-refractivity contribution in [3.63, 3.8) is 0 Å². The molecule has 166 valence electrons. The van der Waals surface area contributed by atoms with Crippen LogP contribution >= 0.6 is 11.6 Å². The SMILES string of the molecule is CCOc1cc(C#N)cc(Cl)c1OC(=O)CCc1ccc(S(=O)(=O)N(CC)CC)cc1. The topological polar surface area (TPSA) is 96.7 Å². The molecular weight excluding hydrogens is 440 g/mol. The number of ether oxygens (including phenoxy) is 2. The second-order valence-electron chi connectivity index (χ2n) is 6.54. The van der Waals surface area contributed by atoms with E-state index in [2.05, 4.69) is 0 Å². The van der Waals surface area contributed by atoms with E-state index in [1.54, 1.807) is 45.0 Å². The van der Waals surface area contributed by atoms with E-state index < -0.39 is 16.0 Å². The highest BCUT2D eigenvalue weighted by Gasteiger charge is 2.21. The van der Waals surface area contributed by atoms with Gasteiger partial charge in [-0.1, -0.05) is 37.6 Å². The second kappa shape index (κ2) is 11.1. The highest BCUT2D eigenvalue weighted by Crippen LogP contribution is 2.36. The van der Waals surface area contributed by atoms with Gasteiger partial charge in [0.15, 0.2) is 11.5 Å². The van der Waals surface area contributed by atoms with Crippen LogP contribution in [0.5, 0.6) is 11.5 Å². The molecule has 0 aliphatic rings. The molecule has 0 unspecified atom stereocenters. The number of carbonyl (C=O) groups excluding carboxylic acids is 1. The Balaban J connectivity index is 2.07. The van der Waals surface area contributed by atoms with E-state index in [0.29, 0.717) is 31.7 Å². The van der Waals surface area contributed by atoms with Gasteiger partial charge in [-0.3, -0.25) is 4.79 Å². The molecule has 0 aliphatic heterocycles. The zero-order valence-electron chi connectivity index (χ0n) is 17.7. The molecule has 0 saturated carbocycles. The highest BCUT2D eigenvalue weighted by molar-refractivity contribution is 7.89. The van der Waals surface area contributed by atoms with Crippen molar-refractivity contribution in [3.8, 4) is 17.6 Å². The van der Waals surface area contributed by atoms with Crippen LogP contribution in [0, 0.1) is 11.3 Å². The van der Waals surface area contributed by atoms with E-state index in [-0.39, 0.29) is 27.8 Å². The zero-order valence-corrected chi connectivity index (χ0v) is 19.3. The number of hydrogen-bond donors (Lipinski definition) is 0. The van der Waals surface area contributed by atoms with E-state index >= 15 is 0 Å². The third-order valence-electron chi connectivity index (χ3n) is 4.54. The Morgan fingerprint density at radius 2 is 1.77 bits per heavy atom. The van der Waals surface area contributed by atoms with Gasteiger partial charge in [0.2, 0.25) is 10.0 Å². The summed E-state index contributed by atoms with van der Waals surface area (Å²) in [4.78, 5) is 12.6. The van der Waals surface area contributed by atoms with E-state index in [9.17, 15) is 13.2 Å². The first-order chi connectivity index (χ1) is 14.8. The Morgan fingerprint density at radius 3 is 2.32 bits per heavy atom. The smallest absolute Gasteiger partial charge is 0.311 e. The number of carbonyl (C=O) groups is 1. The van der Waals surface area contributed by atoms with Crippen LogP contribution in [0.4, 0.5) is 0 Å². The normalized spacial score (nSPS) is 11.2. The fourth-order valence-electron chi connectivity index (χ4n) is 2.95. The van der Waals surface area contributed by atoms with Gasteiger partial charge in [-0.15, -0.1) is 0 Å². The Morgan fingerprint density at radius 1 is 1.13 bits per heavy atom. The van der Waals surface area contributed by atoms with Crippen LogP contribution in [-0.4, -0.2) is 38.4 Å². The number of hydrogen-bond acceptors (Lipinski definition) is 6. The van der Waals surface area contributed by atoms with Crippen LogP contribution < -0.4 is 9.47 Å². The minimum absolute atomic E-state index is 0.0596. The summed E-state index contributed by atoms with van der Waals surface area (Å²) in [6, 6.07) is 11.3.